The van der Waals surface area contributed by atoms with E-state index in [2.05, 4.69) is 17.6 Å². The molecule has 4 heteroatoms. The van der Waals surface area contributed by atoms with Gasteiger partial charge in [0.05, 0.1) is 5.69 Å². The largest absolute Gasteiger partial charge is 0.241 e. The number of halogens is 1. The summed E-state index contributed by atoms with van der Waals surface area (Å²) in [4.78, 5) is 5.79. The summed E-state index contributed by atoms with van der Waals surface area (Å²) in [6.07, 6.45) is 0.937. The third-order valence-corrected chi connectivity index (χ3v) is 4.13. The summed E-state index contributed by atoms with van der Waals surface area (Å²) in [5, 5.41) is 0.961. The lowest BCUT2D eigenvalue weighted by molar-refractivity contribution is 0.619. The summed E-state index contributed by atoms with van der Waals surface area (Å²) in [5.74, 6) is 0.655. The molecule has 17 heavy (non-hydrogen) atoms. The smallest absolute Gasteiger partial charge is 0.126 e. The number of aromatic nitrogens is 1. The molecule has 0 aliphatic rings. The molecule has 0 saturated heterocycles. The second-order valence-electron chi connectivity index (χ2n) is 3.97. The van der Waals surface area contributed by atoms with Crippen molar-refractivity contribution in [3.05, 3.63) is 40.2 Å². The monoisotopic (exact) mass is 267 g/mol. The molecule has 0 bridgehead atoms. The summed E-state index contributed by atoms with van der Waals surface area (Å²) in [5.41, 5.74) is 2.70. The van der Waals surface area contributed by atoms with E-state index >= 15 is 0 Å². The highest BCUT2D eigenvalue weighted by Crippen LogP contribution is 2.29. The molecule has 1 heterocycles. The van der Waals surface area contributed by atoms with E-state index < -0.39 is 0 Å². The first kappa shape index (κ1) is 12.6. The molecule has 1 aromatic carbocycles. The predicted octanol–water partition coefficient (Wildman–Crippen LogP) is 4.04. The average molecular weight is 267 g/mol. The van der Waals surface area contributed by atoms with Crippen molar-refractivity contribution in [2.45, 2.75) is 20.3 Å². The second-order valence-corrected chi connectivity index (χ2v) is 5.50. The van der Waals surface area contributed by atoms with Gasteiger partial charge in [-0.25, -0.2) is 9.37 Å². The van der Waals surface area contributed by atoms with Crippen molar-refractivity contribution in [3.8, 4) is 10.6 Å². The molecule has 0 aliphatic heterocycles. The van der Waals surface area contributed by atoms with Gasteiger partial charge in [0.1, 0.15) is 10.8 Å². The Morgan fingerprint density at radius 3 is 2.76 bits per heavy atom. The number of nitrogens with zero attached hydrogens (tertiary/aromatic N) is 1. The molecule has 1 nitrogen and oxygen atoms in total. The molecule has 1 aromatic heterocycles. The summed E-state index contributed by atoms with van der Waals surface area (Å²) in [6, 6.07) is 5.13. The third-order valence-electron chi connectivity index (χ3n) is 2.64. The van der Waals surface area contributed by atoms with Gasteiger partial charge in [0.2, 0.25) is 0 Å². The van der Waals surface area contributed by atoms with Crippen LogP contribution in [0.2, 0.25) is 0 Å². The zero-order chi connectivity index (χ0) is 12.4. The maximum atomic E-state index is 13.2. The van der Waals surface area contributed by atoms with E-state index in [0.29, 0.717) is 5.56 Å². The molecule has 0 spiro atoms. The van der Waals surface area contributed by atoms with Crippen molar-refractivity contribution in [2.24, 2.45) is 0 Å². The van der Waals surface area contributed by atoms with Gasteiger partial charge in [0.25, 0.3) is 0 Å². The number of aryl methyl sites for hydroxylation is 3. The minimum atomic E-state index is -0.169. The Balaban J connectivity index is 2.39. The molecule has 2 aromatic rings. The maximum absolute atomic E-state index is 13.2. The molecular formula is C13H14FNS2. The molecule has 0 aliphatic carbocycles. The van der Waals surface area contributed by atoms with Gasteiger partial charge >= 0.3 is 0 Å². The van der Waals surface area contributed by atoms with E-state index in [4.69, 9.17) is 0 Å². The van der Waals surface area contributed by atoms with E-state index in [1.807, 2.05) is 13.0 Å². The lowest BCUT2D eigenvalue weighted by Gasteiger charge is -1.99. The van der Waals surface area contributed by atoms with Crippen LogP contribution in [0, 0.1) is 19.7 Å². The molecule has 90 valence electrons. The van der Waals surface area contributed by atoms with E-state index in [1.165, 1.54) is 10.9 Å². The standard InChI is InChI=1S/C13H14FNS2/c1-8-7-10(3-4-11(8)14)13-15-9(2)12(17-13)5-6-16/h3-4,7,16H,5-6H2,1-2H3. The fraction of sp³-hybridized carbons (Fsp3) is 0.308. The first-order valence-corrected chi connectivity index (χ1v) is 6.90. The van der Waals surface area contributed by atoms with Crippen molar-refractivity contribution in [2.75, 3.05) is 5.75 Å². The Hall–Kier alpha value is -0.870. The lowest BCUT2D eigenvalue weighted by atomic mass is 10.1. The van der Waals surface area contributed by atoms with E-state index in [0.717, 1.165) is 28.4 Å². The van der Waals surface area contributed by atoms with Gasteiger partial charge in [-0.05, 0) is 49.8 Å². The summed E-state index contributed by atoms with van der Waals surface area (Å²) in [6.45, 7) is 3.78. The minimum Gasteiger partial charge on any atom is -0.241 e. The summed E-state index contributed by atoms with van der Waals surface area (Å²) < 4.78 is 13.2. The maximum Gasteiger partial charge on any atom is 0.126 e. The highest BCUT2D eigenvalue weighted by atomic mass is 32.1. The molecule has 0 N–H and O–H groups in total. The van der Waals surface area contributed by atoms with Gasteiger partial charge in [0.15, 0.2) is 0 Å². The summed E-state index contributed by atoms with van der Waals surface area (Å²) >= 11 is 5.90. The first-order valence-electron chi connectivity index (χ1n) is 5.45. The third kappa shape index (κ3) is 2.69. The lowest BCUT2D eigenvalue weighted by Crippen LogP contribution is -1.85. The van der Waals surface area contributed by atoms with E-state index in [-0.39, 0.29) is 5.82 Å². The van der Waals surface area contributed by atoms with Gasteiger partial charge < -0.3 is 0 Å². The Kier molecular flexibility index (Phi) is 3.84. The number of benzene rings is 1. The Morgan fingerprint density at radius 1 is 1.35 bits per heavy atom. The number of hydrogen-bond donors (Lipinski definition) is 1. The van der Waals surface area contributed by atoms with Crippen LogP contribution in [0.3, 0.4) is 0 Å². The van der Waals surface area contributed by atoms with Crippen molar-refractivity contribution in [3.63, 3.8) is 0 Å². The van der Waals surface area contributed by atoms with Crippen LogP contribution in [0.25, 0.3) is 10.6 Å². The van der Waals surface area contributed by atoms with Gasteiger partial charge in [-0.1, -0.05) is 0 Å². The van der Waals surface area contributed by atoms with E-state index in [9.17, 15) is 4.39 Å². The summed E-state index contributed by atoms with van der Waals surface area (Å²) in [7, 11) is 0. The fourth-order valence-electron chi connectivity index (χ4n) is 1.66. The molecule has 0 radical (unpaired) electrons. The first-order chi connectivity index (χ1) is 8.11. The van der Waals surface area contributed by atoms with Crippen LogP contribution in [-0.2, 0) is 6.42 Å². The highest BCUT2D eigenvalue weighted by Gasteiger charge is 2.09. The van der Waals surface area contributed by atoms with Gasteiger partial charge in [0, 0.05) is 10.4 Å². The minimum absolute atomic E-state index is 0.169. The molecular weight excluding hydrogens is 253 g/mol. The van der Waals surface area contributed by atoms with Crippen molar-refractivity contribution >= 4 is 24.0 Å². The van der Waals surface area contributed by atoms with E-state index in [1.54, 1.807) is 24.3 Å². The fourth-order valence-corrected chi connectivity index (χ4v) is 3.10. The normalized spacial score (nSPS) is 10.8. The van der Waals surface area contributed by atoms with Crippen LogP contribution in [0.1, 0.15) is 16.1 Å². The predicted molar refractivity (Wildman–Crippen MR) is 74.5 cm³/mol. The SMILES string of the molecule is Cc1cc(-c2nc(C)c(CCS)s2)ccc1F. The molecule has 0 unspecified atom stereocenters. The van der Waals surface area contributed by atoms with Crippen LogP contribution in [0.15, 0.2) is 18.2 Å². The van der Waals surface area contributed by atoms with Crippen molar-refractivity contribution < 1.29 is 4.39 Å². The molecule has 2 rings (SSSR count). The second kappa shape index (κ2) is 5.19. The number of thiol groups is 1. The Morgan fingerprint density at radius 2 is 2.12 bits per heavy atom. The topological polar surface area (TPSA) is 12.9 Å². The number of hydrogen-bond acceptors (Lipinski definition) is 3. The average Bonchev–Trinajstić information content (AvgIpc) is 2.65. The molecule has 0 atom stereocenters. The van der Waals surface area contributed by atoms with Crippen LogP contribution in [0.4, 0.5) is 4.39 Å². The van der Waals surface area contributed by atoms with Gasteiger partial charge in [-0.3, -0.25) is 0 Å². The zero-order valence-electron chi connectivity index (χ0n) is 9.83. The Bertz CT molecular complexity index is 534. The van der Waals surface area contributed by atoms with Crippen LogP contribution >= 0.6 is 24.0 Å². The van der Waals surface area contributed by atoms with Crippen molar-refractivity contribution in [1.82, 2.24) is 4.98 Å². The molecule has 0 saturated carbocycles. The quantitative estimate of drug-likeness (QED) is 0.828. The Labute approximate surface area is 110 Å². The van der Waals surface area contributed by atoms with Crippen LogP contribution in [0.5, 0.6) is 0 Å². The van der Waals surface area contributed by atoms with Gasteiger partial charge in [-0.15, -0.1) is 11.3 Å². The van der Waals surface area contributed by atoms with Crippen LogP contribution < -0.4 is 0 Å². The molecule has 0 amide bonds. The highest BCUT2D eigenvalue weighted by molar-refractivity contribution is 7.80. The molecule has 0 fully saturated rings. The van der Waals surface area contributed by atoms with Crippen molar-refractivity contribution in [1.29, 1.82) is 0 Å². The number of thiazole rings is 1. The van der Waals surface area contributed by atoms with Gasteiger partial charge in [-0.2, -0.15) is 12.6 Å². The van der Waals surface area contributed by atoms with Crippen LogP contribution in [-0.4, -0.2) is 10.7 Å². The zero-order valence-corrected chi connectivity index (χ0v) is 11.5. The number of rotatable bonds is 3.